The molecule has 1 aliphatic heterocycles. The average molecular weight is 410 g/mol. The van der Waals surface area contributed by atoms with E-state index in [-0.39, 0.29) is 12.2 Å². The predicted octanol–water partition coefficient (Wildman–Crippen LogP) is -0.676. The van der Waals surface area contributed by atoms with Gasteiger partial charge in [-0.1, -0.05) is 0 Å². The monoisotopic (exact) mass is 410 g/mol. The van der Waals surface area contributed by atoms with Crippen LogP contribution in [0.5, 0.6) is 0 Å². The van der Waals surface area contributed by atoms with Crippen molar-refractivity contribution in [1.82, 2.24) is 10.3 Å². The fourth-order valence-corrected chi connectivity index (χ4v) is 2.80. The molecule has 2 rings (SSSR count). The fourth-order valence-electron chi connectivity index (χ4n) is 2.80. The van der Waals surface area contributed by atoms with Gasteiger partial charge in [0.1, 0.15) is 18.8 Å². The first-order valence-corrected chi connectivity index (χ1v) is 8.71. The summed E-state index contributed by atoms with van der Waals surface area (Å²) in [6.07, 6.45) is -2.55. The molecular formula is C18H22N2O9. The quantitative estimate of drug-likeness (QED) is 0.456. The van der Waals surface area contributed by atoms with E-state index in [1.807, 2.05) is 0 Å². The zero-order chi connectivity index (χ0) is 21.6. The van der Waals surface area contributed by atoms with Gasteiger partial charge in [0.2, 0.25) is 0 Å². The van der Waals surface area contributed by atoms with Crippen LogP contribution in [0.1, 0.15) is 31.1 Å². The zero-order valence-corrected chi connectivity index (χ0v) is 16.1. The van der Waals surface area contributed by atoms with Crippen molar-refractivity contribution < 1.29 is 43.2 Å². The number of pyridine rings is 1. The van der Waals surface area contributed by atoms with E-state index in [0.717, 1.165) is 13.8 Å². The molecule has 1 amide bonds. The maximum Gasteiger partial charge on any atom is 0.303 e. The lowest BCUT2D eigenvalue weighted by Crippen LogP contribution is -2.66. The number of rotatable bonds is 6. The predicted molar refractivity (Wildman–Crippen MR) is 94.1 cm³/mol. The van der Waals surface area contributed by atoms with Crippen LogP contribution in [0.25, 0.3) is 0 Å². The maximum atomic E-state index is 12.5. The van der Waals surface area contributed by atoms with E-state index in [4.69, 9.17) is 18.9 Å². The van der Waals surface area contributed by atoms with Crippen LogP contribution < -0.4 is 5.32 Å². The van der Waals surface area contributed by atoms with Crippen LogP contribution in [0.3, 0.4) is 0 Å². The number of esters is 3. The van der Waals surface area contributed by atoms with Gasteiger partial charge in [-0.15, -0.1) is 0 Å². The van der Waals surface area contributed by atoms with Gasteiger partial charge in [-0.05, 0) is 12.1 Å². The fraction of sp³-hybridized carbons (Fsp3) is 0.500. The first kappa shape index (κ1) is 22.2. The van der Waals surface area contributed by atoms with Crippen LogP contribution in [0.15, 0.2) is 24.5 Å². The summed E-state index contributed by atoms with van der Waals surface area (Å²) in [7, 11) is 0. The Morgan fingerprint density at radius 2 is 1.76 bits per heavy atom. The van der Waals surface area contributed by atoms with Crippen LogP contribution in [0, 0.1) is 0 Å². The third kappa shape index (κ3) is 6.22. The molecule has 2 heterocycles. The third-order valence-corrected chi connectivity index (χ3v) is 3.94. The summed E-state index contributed by atoms with van der Waals surface area (Å²) >= 11 is 0. The third-order valence-electron chi connectivity index (χ3n) is 3.94. The molecule has 0 radical (unpaired) electrons. The molecule has 1 fully saturated rings. The summed E-state index contributed by atoms with van der Waals surface area (Å²) in [5.74, 6) is -2.71. The highest BCUT2D eigenvalue weighted by Gasteiger charge is 2.50. The highest BCUT2D eigenvalue weighted by molar-refractivity contribution is 5.94. The molecule has 11 heteroatoms. The maximum absolute atomic E-state index is 12.5. The van der Waals surface area contributed by atoms with Crippen LogP contribution in [0.4, 0.5) is 0 Å². The molecule has 1 aromatic rings. The van der Waals surface area contributed by atoms with E-state index in [2.05, 4.69) is 10.3 Å². The van der Waals surface area contributed by atoms with Gasteiger partial charge in [0.15, 0.2) is 18.5 Å². The highest BCUT2D eigenvalue weighted by atomic mass is 16.7. The Morgan fingerprint density at radius 3 is 2.31 bits per heavy atom. The van der Waals surface area contributed by atoms with Gasteiger partial charge in [-0.2, -0.15) is 0 Å². The molecule has 11 nitrogen and oxygen atoms in total. The largest absolute Gasteiger partial charge is 0.463 e. The number of aliphatic hydroxyl groups is 1. The lowest BCUT2D eigenvalue weighted by Gasteiger charge is -2.43. The summed E-state index contributed by atoms with van der Waals surface area (Å²) in [6, 6.07) is 1.76. The van der Waals surface area contributed by atoms with Crippen molar-refractivity contribution in [3.8, 4) is 0 Å². The standard InChI is InChI=1S/C18H22N2O9/c1-9(21)26-8-13-15(27-10(2)22)16(28-11(3)23)14(18(25)29-13)20-17(24)12-5-4-6-19-7-12/h4-7,13-16,18,25H,8H2,1-3H3,(H,20,24)/t13-,14+,15-,16-,18+/m1/s1. The van der Waals surface area contributed by atoms with Gasteiger partial charge in [0.25, 0.3) is 5.91 Å². The molecule has 2 N–H and O–H groups in total. The minimum atomic E-state index is -1.65. The molecule has 0 saturated carbocycles. The van der Waals surface area contributed by atoms with Crippen molar-refractivity contribution in [1.29, 1.82) is 0 Å². The molecule has 0 aliphatic carbocycles. The van der Waals surface area contributed by atoms with Gasteiger partial charge in [-0.25, -0.2) is 0 Å². The SMILES string of the molecule is CC(=O)OC[C@H]1O[C@H](O)[C@@H](NC(=O)c2cccnc2)[C@@H](OC(C)=O)[C@@H]1OC(C)=O. The summed E-state index contributed by atoms with van der Waals surface area (Å²) in [6.45, 7) is 3.04. The molecule has 0 unspecified atom stereocenters. The number of nitrogens with zero attached hydrogens (tertiary/aromatic N) is 1. The van der Waals surface area contributed by atoms with Crippen molar-refractivity contribution in [2.24, 2.45) is 0 Å². The van der Waals surface area contributed by atoms with Crippen LogP contribution in [0.2, 0.25) is 0 Å². The minimum absolute atomic E-state index is 0.187. The molecule has 1 aromatic heterocycles. The average Bonchev–Trinajstić information content (AvgIpc) is 2.65. The Labute approximate surface area is 166 Å². The summed E-state index contributed by atoms with van der Waals surface area (Å²) in [4.78, 5) is 50.6. The van der Waals surface area contributed by atoms with Gasteiger partial charge in [0.05, 0.1) is 5.56 Å². The number of ether oxygens (including phenoxy) is 4. The van der Waals surface area contributed by atoms with Crippen LogP contribution in [-0.4, -0.2) is 71.2 Å². The van der Waals surface area contributed by atoms with E-state index in [9.17, 15) is 24.3 Å². The van der Waals surface area contributed by atoms with Gasteiger partial charge < -0.3 is 29.4 Å². The number of aliphatic hydroxyl groups excluding tert-OH is 1. The number of hydrogen-bond acceptors (Lipinski definition) is 10. The molecule has 1 saturated heterocycles. The van der Waals surface area contributed by atoms with Gasteiger partial charge in [-0.3, -0.25) is 24.2 Å². The Balaban J connectivity index is 2.30. The lowest BCUT2D eigenvalue weighted by atomic mass is 9.96. The number of aromatic nitrogens is 1. The first-order chi connectivity index (χ1) is 13.7. The van der Waals surface area contributed by atoms with E-state index in [0.29, 0.717) is 0 Å². The summed E-state index contributed by atoms with van der Waals surface area (Å²) < 4.78 is 20.7. The van der Waals surface area contributed by atoms with E-state index >= 15 is 0 Å². The van der Waals surface area contributed by atoms with Crippen molar-refractivity contribution in [2.45, 2.75) is 51.4 Å². The Morgan fingerprint density at radius 1 is 1.10 bits per heavy atom. The van der Waals surface area contributed by atoms with E-state index in [1.54, 1.807) is 6.07 Å². The topological polar surface area (TPSA) is 150 Å². The lowest BCUT2D eigenvalue weighted by molar-refractivity contribution is -0.263. The summed E-state index contributed by atoms with van der Waals surface area (Å²) in [5.41, 5.74) is 0.187. The molecular weight excluding hydrogens is 388 g/mol. The number of hydrogen-bond donors (Lipinski definition) is 2. The molecule has 158 valence electrons. The number of amides is 1. The molecule has 29 heavy (non-hydrogen) atoms. The second-order valence-corrected chi connectivity index (χ2v) is 6.26. The second-order valence-electron chi connectivity index (χ2n) is 6.26. The van der Waals surface area contributed by atoms with Crippen LogP contribution in [-0.2, 0) is 33.3 Å². The molecule has 0 spiro atoms. The number of carbonyl (C=O) groups is 4. The molecule has 5 atom stereocenters. The normalized spacial score (nSPS) is 26.1. The Hall–Kier alpha value is -3.05. The highest BCUT2D eigenvalue weighted by Crippen LogP contribution is 2.26. The van der Waals surface area contributed by atoms with Crippen LogP contribution >= 0.6 is 0 Å². The zero-order valence-electron chi connectivity index (χ0n) is 16.1. The second kappa shape index (κ2) is 9.94. The Kier molecular flexibility index (Phi) is 7.62. The van der Waals surface area contributed by atoms with Crippen molar-refractivity contribution in [2.75, 3.05) is 6.61 Å². The molecule has 0 aromatic carbocycles. The van der Waals surface area contributed by atoms with Crippen molar-refractivity contribution in [3.63, 3.8) is 0 Å². The first-order valence-electron chi connectivity index (χ1n) is 8.71. The van der Waals surface area contributed by atoms with Crippen molar-refractivity contribution in [3.05, 3.63) is 30.1 Å². The number of carbonyl (C=O) groups excluding carboxylic acids is 4. The number of nitrogens with one attached hydrogen (secondary N) is 1. The molecule has 1 aliphatic rings. The van der Waals surface area contributed by atoms with Gasteiger partial charge in [0, 0.05) is 33.2 Å². The molecule has 0 bridgehead atoms. The van der Waals surface area contributed by atoms with E-state index < -0.39 is 54.5 Å². The summed E-state index contributed by atoms with van der Waals surface area (Å²) in [5, 5.41) is 12.9. The van der Waals surface area contributed by atoms with Gasteiger partial charge >= 0.3 is 17.9 Å². The Bertz CT molecular complexity index is 755. The van der Waals surface area contributed by atoms with E-state index in [1.165, 1.54) is 25.4 Å². The van der Waals surface area contributed by atoms with Crippen molar-refractivity contribution >= 4 is 23.8 Å². The smallest absolute Gasteiger partial charge is 0.303 e. The minimum Gasteiger partial charge on any atom is -0.463 e.